The van der Waals surface area contributed by atoms with Crippen LogP contribution in [0.15, 0.2) is 42.5 Å². The van der Waals surface area contributed by atoms with E-state index in [1.165, 1.54) is 11.3 Å². The molecule has 140 valence electrons. The molecule has 1 aromatic heterocycles. The zero-order chi connectivity index (χ0) is 19.6. The minimum Gasteiger partial charge on any atom is -0.350 e. The van der Waals surface area contributed by atoms with Gasteiger partial charge in [0.25, 0.3) is 11.8 Å². The van der Waals surface area contributed by atoms with Crippen molar-refractivity contribution in [1.82, 2.24) is 5.32 Å². The number of benzene rings is 2. The van der Waals surface area contributed by atoms with Crippen molar-refractivity contribution in [1.29, 1.82) is 0 Å². The Labute approximate surface area is 167 Å². The van der Waals surface area contributed by atoms with Gasteiger partial charge in [0.1, 0.15) is 4.88 Å². The molecule has 3 rings (SSSR count). The van der Waals surface area contributed by atoms with Crippen LogP contribution in [-0.4, -0.2) is 17.9 Å². The van der Waals surface area contributed by atoms with E-state index in [9.17, 15) is 9.59 Å². The normalized spacial score (nSPS) is 12.0. The van der Waals surface area contributed by atoms with Crippen molar-refractivity contribution in [3.63, 3.8) is 0 Å². The highest BCUT2D eigenvalue weighted by Gasteiger charge is 2.20. The van der Waals surface area contributed by atoms with Gasteiger partial charge in [-0.2, -0.15) is 0 Å². The molecule has 0 saturated heterocycles. The molecule has 6 heteroatoms. The number of carbonyl (C=O) groups is 2. The fourth-order valence-corrected chi connectivity index (χ4v) is 4.37. The third-order valence-electron chi connectivity index (χ3n) is 4.48. The second kappa shape index (κ2) is 8.11. The maximum absolute atomic E-state index is 12.9. The number of carbonyl (C=O) groups excluding carboxylic acids is 2. The first kappa shape index (κ1) is 19.4. The van der Waals surface area contributed by atoms with E-state index in [0.717, 1.165) is 22.1 Å². The van der Waals surface area contributed by atoms with Crippen LogP contribution < -0.4 is 10.6 Å². The molecule has 2 N–H and O–H groups in total. The quantitative estimate of drug-likeness (QED) is 0.581. The summed E-state index contributed by atoms with van der Waals surface area (Å²) in [6.07, 6.45) is 0.830. The largest absolute Gasteiger partial charge is 0.350 e. The van der Waals surface area contributed by atoms with Crippen LogP contribution in [0.5, 0.6) is 0 Å². The van der Waals surface area contributed by atoms with Crippen LogP contribution in [0.1, 0.15) is 45.9 Å². The second-order valence-electron chi connectivity index (χ2n) is 6.48. The lowest BCUT2D eigenvalue weighted by atomic mass is 10.1. The van der Waals surface area contributed by atoms with Crippen LogP contribution in [0.2, 0.25) is 5.02 Å². The molecule has 0 fully saturated rings. The Balaban J connectivity index is 1.90. The smallest absolute Gasteiger partial charge is 0.267 e. The molecule has 0 bridgehead atoms. The molecule has 1 atom stereocenters. The number of halogens is 1. The predicted molar refractivity (Wildman–Crippen MR) is 113 cm³/mol. The molecule has 2 amide bonds. The van der Waals surface area contributed by atoms with Crippen molar-refractivity contribution >= 4 is 50.5 Å². The number of hydrogen-bond donors (Lipinski definition) is 2. The Bertz CT molecular complexity index is 1010. The lowest BCUT2D eigenvalue weighted by molar-refractivity contribution is 0.0940. The molecule has 0 radical (unpaired) electrons. The molecule has 0 aliphatic rings. The SMILES string of the molecule is CCC(C)NC(=O)c1ccccc1NC(=O)c1sc2cccc(C)c2c1Cl. The van der Waals surface area contributed by atoms with E-state index in [1.54, 1.807) is 24.3 Å². The molecule has 0 aliphatic heterocycles. The van der Waals surface area contributed by atoms with Crippen LogP contribution in [0.25, 0.3) is 10.1 Å². The van der Waals surface area contributed by atoms with Gasteiger partial charge in [0.2, 0.25) is 0 Å². The van der Waals surface area contributed by atoms with E-state index in [4.69, 9.17) is 11.6 Å². The number of rotatable bonds is 5. The van der Waals surface area contributed by atoms with Crippen LogP contribution in [0.4, 0.5) is 5.69 Å². The van der Waals surface area contributed by atoms with E-state index in [2.05, 4.69) is 10.6 Å². The van der Waals surface area contributed by atoms with Crippen molar-refractivity contribution in [2.75, 3.05) is 5.32 Å². The number of fused-ring (bicyclic) bond motifs is 1. The van der Waals surface area contributed by atoms with Crippen molar-refractivity contribution in [3.05, 3.63) is 63.5 Å². The molecule has 4 nitrogen and oxygen atoms in total. The molecule has 1 heterocycles. The number of anilines is 1. The lowest BCUT2D eigenvalue weighted by Crippen LogP contribution is -2.32. The van der Waals surface area contributed by atoms with Gasteiger partial charge in [0, 0.05) is 16.1 Å². The van der Waals surface area contributed by atoms with Gasteiger partial charge in [0.05, 0.1) is 16.3 Å². The van der Waals surface area contributed by atoms with Gasteiger partial charge < -0.3 is 10.6 Å². The summed E-state index contributed by atoms with van der Waals surface area (Å²) < 4.78 is 0.966. The van der Waals surface area contributed by atoms with Gasteiger partial charge in [-0.25, -0.2) is 0 Å². The molecule has 0 aliphatic carbocycles. The van der Waals surface area contributed by atoms with E-state index in [1.807, 2.05) is 39.0 Å². The van der Waals surface area contributed by atoms with E-state index in [-0.39, 0.29) is 17.9 Å². The molecular weight excluding hydrogens is 380 g/mol. The zero-order valence-corrected chi connectivity index (χ0v) is 17.0. The summed E-state index contributed by atoms with van der Waals surface area (Å²) >= 11 is 7.83. The average molecular weight is 401 g/mol. The van der Waals surface area contributed by atoms with Gasteiger partial charge in [-0.1, -0.05) is 42.8 Å². The third-order valence-corrected chi connectivity index (χ3v) is 6.13. The molecule has 27 heavy (non-hydrogen) atoms. The molecular formula is C21H21ClN2O2S. The maximum Gasteiger partial charge on any atom is 0.267 e. The van der Waals surface area contributed by atoms with Gasteiger partial charge in [-0.05, 0) is 44.0 Å². The van der Waals surface area contributed by atoms with E-state index in [0.29, 0.717) is 21.2 Å². The minimum atomic E-state index is -0.315. The fraction of sp³-hybridized carbons (Fsp3) is 0.238. The Hall–Kier alpha value is -2.37. The fourth-order valence-electron chi connectivity index (χ4n) is 2.79. The molecule has 0 spiro atoms. The second-order valence-corrected chi connectivity index (χ2v) is 7.91. The van der Waals surface area contributed by atoms with Crippen LogP contribution >= 0.6 is 22.9 Å². The van der Waals surface area contributed by atoms with Gasteiger partial charge in [0.15, 0.2) is 0 Å². The van der Waals surface area contributed by atoms with Crippen molar-refractivity contribution in [2.24, 2.45) is 0 Å². The van der Waals surface area contributed by atoms with Crippen LogP contribution in [0, 0.1) is 6.92 Å². The van der Waals surface area contributed by atoms with Crippen LogP contribution in [0.3, 0.4) is 0 Å². The summed E-state index contributed by atoms with van der Waals surface area (Å²) in [5, 5.41) is 7.12. The number of hydrogen-bond acceptors (Lipinski definition) is 3. The highest BCUT2D eigenvalue weighted by atomic mass is 35.5. The first-order valence-electron chi connectivity index (χ1n) is 8.81. The number of para-hydroxylation sites is 1. The summed E-state index contributed by atoms with van der Waals surface area (Å²) in [5.41, 5.74) is 1.93. The van der Waals surface area contributed by atoms with Gasteiger partial charge in [-0.3, -0.25) is 9.59 Å². The summed E-state index contributed by atoms with van der Waals surface area (Å²) in [5.74, 6) is -0.525. The van der Waals surface area contributed by atoms with Crippen molar-refractivity contribution < 1.29 is 9.59 Å². The summed E-state index contributed by atoms with van der Waals surface area (Å²) in [6, 6.07) is 12.9. The Morgan fingerprint density at radius 1 is 1.11 bits per heavy atom. The molecule has 2 aromatic carbocycles. The molecule has 3 aromatic rings. The predicted octanol–water partition coefficient (Wildman–Crippen LogP) is 5.64. The standard InChI is InChI=1S/C21H21ClN2O2S/c1-4-13(3)23-20(25)14-9-5-6-10-15(14)24-21(26)19-18(22)17-12(2)8-7-11-16(17)27-19/h5-11,13H,4H2,1-3H3,(H,23,25)(H,24,26). The highest BCUT2D eigenvalue weighted by Crippen LogP contribution is 2.37. The van der Waals surface area contributed by atoms with Crippen LogP contribution in [-0.2, 0) is 0 Å². The minimum absolute atomic E-state index is 0.0567. The Kier molecular flexibility index (Phi) is 5.82. The molecule has 1 unspecified atom stereocenters. The Morgan fingerprint density at radius 3 is 2.56 bits per heavy atom. The summed E-state index contributed by atoms with van der Waals surface area (Å²) in [6.45, 7) is 5.92. The number of thiophene rings is 1. The van der Waals surface area contributed by atoms with E-state index >= 15 is 0 Å². The van der Waals surface area contributed by atoms with Gasteiger partial charge >= 0.3 is 0 Å². The summed E-state index contributed by atoms with van der Waals surface area (Å²) in [4.78, 5) is 25.8. The Morgan fingerprint density at radius 2 is 1.85 bits per heavy atom. The first-order chi connectivity index (χ1) is 12.9. The topological polar surface area (TPSA) is 58.2 Å². The monoisotopic (exact) mass is 400 g/mol. The lowest BCUT2D eigenvalue weighted by Gasteiger charge is -2.14. The van der Waals surface area contributed by atoms with Crippen molar-refractivity contribution in [3.8, 4) is 0 Å². The summed E-state index contributed by atoms with van der Waals surface area (Å²) in [7, 11) is 0. The third kappa shape index (κ3) is 3.99. The number of amides is 2. The first-order valence-corrected chi connectivity index (χ1v) is 10.0. The number of aryl methyl sites for hydroxylation is 1. The van der Waals surface area contributed by atoms with Crippen molar-refractivity contribution in [2.45, 2.75) is 33.2 Å². The zero-order valence-electron chi connectivity index (χ0n) is 15.4. The van der Waals surface area contributed by atoms with Gasteiger partial charge in [-0.15, -0.1) is 11.3 Å². The maximum atomic E-state index is 12.9. The highest BCUT2D eigenvalue weighted by molar-refractivity contribution is 7.21. The average Bonchev–Trinajstić information content (AvgIpc) is 3.00. The molecule has 0 saturated carbocycles. The van der Waals surface area contributed by atoms with E-state index < -0.39 is 0 Å². The number of nitrogens with one attached hydrogen (secondary N) is 2.